The van der Waals surface area contributed by atoms with Crippen molar-refractivity contribution in [2.45, 2.75) is 24.8 Å². The van der Waals surface area contributed by atoms with Crippen LogP contribution in [0, 0.1) is 0 Å². The summed E-state index contributed by atoms with van der Waals surface area (Å²) in [5.41, 5.74) is 2.46. The monoisotopic (exact) mass is 312 g/mol. The highest BCUT2D eigenvalue weighted by Crippen LogP contribution is 2.37. The van der Waals surface area contributed by atoms with E-state index >= 15 is 0 Å². The molecule has 1 aromatic carbocycles. The van der Waals surface area contributed by atoms with Gasteiger partial charge in [0, 0.05) is 34.4 Å². The average molecular weight is 312 g/mol. The van der Waals surface area contributed by atoms with Gasteiger partial charge < -0.3 is 10.2 Å². The first-order valence-corrected chi connectivity index (χ1v) is 8.71. The molecule has 0 saturated carbocycles. The minimum absolute atomic E-state index is 0.589. The van der Waals surface area contributed by atoms with Gasteiger partial charge >= 0.3 is 0 Å². The van der Waals surface area contributed by atoms with Gasteiger partial charge in [-0.15, -0.1) is 11.3 Å². The Morgan fingerprint density at radius 2 is 1.77 bits per heavy atom. The van der Waals surface area contributed by atoms with Crippen molar-refractivity contribution in [2.24, 2.45) is 0 Å². The SMILES string of the molecule is CNc1ccc(-c2ccc(C3C=CC(N(C)C)CC3)s2)cc1. The van der Waals surface area contributed by atoms with Crippen LogP contribution in [0.3, 0.4) is 0 Å². The quantitative estimate of drug-likeness (QED) is 0.814. The molecule has 2 nitrogen and oxygen atoms in total. The number of benzene rings is 1. The van der Waals surface area contributed by atoms with Crippen molar-refractivity contribution in [1.29, 1.82) is 0 Å². The number of hydrogen-bond acceptors (Lipinski definition) is 3. The lowest BCUT2D eigenvalue weighted by Crippen LogP contribution is -2.28. The maximum Gasteiger partial charge on any atom is 0.0345 e. The molecule has 0 bridgehead atoms. The molecule has 2 aromatic rings. The van der Waals surface area contributed by atoms with Gasteiger partial charge in [0.15, 0.2) is 0 Å². The Morgan fingerprint density at radius 3 is 2.36 bits per heavy atom. The fraction of sp³-hybridized carbons (Fsp3) is 0.368. The van der Waals surface area contributed by atoms with Crippen molar-refractivity contribution in [1.82, 2.24) is 4.90 Å². The Bertz CT molecular complexity index is 640. The molecule has 0 radical (unpaired) electrons. The number of rotatable bonds is 4. The summed E-state index contributed by atoms with van der Waals surface area (Å²) >= 11 is 1.93. The van der Waals surface area contributed by atoms with Gasteiger partial charge in [0.25, 0.3) is 0 Å². The summed E-state index contributed by atoms with van der Waals surface area (Å²) in [5, 5.41) is 3.17. The first kappa shape index (κ1) is 15.3. The molecule has 1 aromatic heterocycles. The Morgan fingerprint density at radius 1 is 1.00 bits per heavy atom. The molecule has 116 valence electrons. The summed E-state index contributed by atoms with van der Waals surface area (Å²) in [5.74, 6) is 0.589. The lowest BCUT2D eigenvalue weighted by molar-refractivity contribution is 0.311. The Hall–Kier alpha value is -1.58. The number of likely N-dealkylation sites (N-methyl/N-ethyl adjacent to an activating group) is 1. The van der Waals surface area contributed by atoms with Gasteiger partial charge in [0.05, 0.1) is 0 Å². The first-order chi connectivity index (χ1) is 10.7. The van der Waals surface area contributed by atoms with Crippen LogP contribution in [-0.4, -0.2) is 32.1 Å². The van der Waals surface area contributed by atoms with Crippen molar-refractivity contribution >= 4 is 17.0 Å². The van der Waals surface area contributed by atoms with E-state index in [-0.39, 0.29) is 0 Å². The molecule has 0 amide bonds. The normalized spacial score (nSPS) is 21.3. The predicted octanol–water partition coefficient (Wildman–Crippen LogP) is 4.82. The smallest absolute Gasteiger partial charge is 0.0345 e. The minimum Gasteiger partial charge on any atom is -0.388 e. The van der Waals surface area contributed by atoms with Crippen molar-refractivity contribution in [3.8, 4) is 10.4 Å². The van der Waals surface area contributed by atoms with E-state index in [2.05, 4.69) is 72.9 Å². The Balaban J connectivity index is 1.75. The van der Waals surface area contributed by atoms with E-state index in [1.807, 2.05) is 18.4 Å². The summed E-state index contributed by atoms with van der Waals surface area (Å²) in [7, 11) is 6.27. The maximum absolute atomic E-state index is 3.17. The fourth-order valence-corrected chi connectivity index (χ4v) is 4.11. The standard InChI is InChI=1S/C19H24N2S/c1-20-16-8-4-14(5-9-16)18-12-13-19(22-18)15-6-10-17(11-7-15)21(2)3/h4-6,8-10,12-13,15,17,20H,7,11H2,1-3H3. The third-order valence-electron chi connectivity index (χ3n) is 4.45. The number of nitrogens with one attached hydrogen (secondary N) is 1. The Kier molecular flexibility index (Phi) is 4.65. The second kappa shape index (κ2) is 6.67. The maximum atomic E-state index is 3.17. The zero-order chi connectivity index (χ0) is 15.5. The molecule has 0 spiro atoms. The molecular formula is C19H24N2S. The Labute approximate surface area is 137 Å². The van der Waals surface area contributed by atoms with E-state index in [4.69, 9.17) is 0 Å². The van der Waals surface area contributed by atoms with Crippen molar-refractivity contribution < 1.29 is 0 Å². The lowest BCUT2D eigenvalue weighted by atomic mass is 9.91. The van der Waals surface area contributed by atoms with E-state index in [1.54, 1.807) is 0 Å². The van der Waals surface area contributed by atoms with Gasteiger partial charge in [-0.1, -0.05) is 24.3 Å². The fourth-order valence-electron chi connectivity index (χ4n) is 2.98. The highest BCUT2D eigenvalue weighted by Gasteiger charge is 2.19. The first-order valence-electron chi connectivity index (χ1n) is 7.90. The van der Waals surface area contributed by atoms with E-state index in [0.717, 1.165) is 5.69 Å². The van der Waals surface area contributed by atoms with Crippen LogP contribution >= 0.6 is 11.3 Å². The second-order valence-corrected chi connectivity index (χ2v) is 7.24. The topological polar surface area (TPSA) is 15.3 Å². The molecule has 1 heterocycles. The summed E-state index contributed by atoms with van der Waals surface area (Å²) in [4.78, 5) is 5.15. The van der Waals surface area contributed by atoms with Crippen molar-refractivity contribution in [2.75, 3.05) is 26.5 Å². The molecule has 2 atom stereocenters. The third-order valence-corrected chi connectivity index (χ3v) is 5.72. The van der Waals surface area contributed by atoms with E-state index in [0.29, 0.717) is 12.0 Å². The molecular weight excluding hydrogens is 288 g/mol. The molecule has 0 saturated heterocycles. The number of allylic oxidation sites excluding steroid dienone is 1. The molecule has 22 heavy (non-hydrogen) atoms. The van der Waals surface area contributed by atoms with Gasteiger partial charge in [-0.3, -0.25) is 0 Å². The largest absolute Gasteiger partial charge is 0.388 e. The molecule has 1 aliphatic carbocycles. The molecule has 1 N–H and O–H groups in total. The number of nitrogens with zero attached hydrogens (tertiary/aromatic N) is 1. The number of thiophene rings is 1. The van der Waals surface area contributed by atoms with Gasteiger partial charge in [0.1, 0.15) is 0 Å². The van der Waals surface area contributed by atoms with E-state index < -0.39 is 0 Å². The summed E-state index contributed by atoms with van der Waals surface area (Å²) in [6, 6.07) is 13.8. The number of anilines is 1. The van der Waals surface area contributed by atoms with Crippen LogP contribution in [0.5, 0.6) is 0 Å². The summed E-state index contributed by atoms with van der Waals surface area (Å²) in [6.07, 6.45) is 7.26. The second-order valence-electron chi connectivity index (χ2n) is 6.13. The number of hydrogen-bond donors (Lipinski definition) is 1. The predicted molar refractivity (Wildman–Crippen MR) is 97.9 cm³/mol. The third kappa shape index (κ3) is 3.26. The molecule has 3 rings (SSSR count). The molecule has 0 fully saturated rings. The highest BCUT2D eigenvalue weighted by molar-refractivity contribution is 7.15. The van der Waals surface area contributed by atoms with Gasteiger partial charge in [-0.05, 0) is 56.8 Å². The van der Waals surface area contributed by atoms with E-state index in [9.17, 15) is 0 Å². The van der Waals surface area contributed by atoms with Crippen LogP contribution in [0.4, 0.5) is 5.69 Å². The van der Waals surface area contributed by atoms with Gasteiger partial charge in [0.2, 0.25) is 0 Å². The molecule has 0 aliphatic heterocycles. The summed E-state index contributed by atoms with van der Waals surface area (Å²) < 4.78 is 0. The lowest BCUT2D eigenvalue weighted by Gasteiger charge is -2.27. The minimum atomic E-state index is 0.589. The highest BCUT2D eigenvalue weighted by atomic mass is 32.1. The van der Waals surface area contributed by atoms with Crippen molar-refractivity contribution in [3.05, 3.63) is 53.4 Å². The van der Waals surface area contributed by atoms with E-state index in [1.165, 1.54) is 28.2 Å². The van der Waals surface area contributed by atoms with Crippen LogP contribution in [0.15, 0.2) is 48.6 Å². The molecule has 2 unspecified atom stereocenters. The average Bonchev–Trinajstić information content (AvgIpc) is 3.05. The van der Waals surface area contributed by atoms with Gasteiger partial charge in [-0.2, -0.15) is 0 Å². The zero-order valence-electron chi connectivity index (χ0n) is 13.5. The van der Waals surface area contributed by atoms with Gasteiger partial charge in [-0.25, -0.2) is 0 Å². The van der Waals surface area contributed by atoms with Crippen LogP contribution in [0.1, 0.15) is 23.6 Å². The molecule has 3 heteroatoms. The van der Waals surface area contributed by atoms with Crippen LogP contribution < -0.4 is 5.32 Å². The zero-order valence-corrected chi connectivity index (χ0v) is 14.4. The van der Waals surface area contributed by atoms with Crippen molar-refractivity contribution in [3.63, 3.8) is 0 Å². The van der Waals surface area contributed by atoms with Crippen LogP contribution in [-0.2, 0) is 0 Å². The summed E-state index contributed by atoms with van der Waals surface area (Å²) in [6.45, 7) is 0. The van der Waals surface area contributed by atoms with Crippen LogP contribution in [0.2, 0.25) is 0 Å². The molecule has 1 aliphatic rings. The van der Waals surface area contributed by atoms with Crippen LogP contribution in [0.25, 0.3) is 10.4 Å².